The van der Waals surface area contributed by atoms with Gasteiger partial charge in [-0.05, 0) is 12.1 Å². The fourth-order valence-electron chi connectivity index (χ4n) is 3.89. The minimum Gasteiger partial charge on any atom is -0.493 e. The maximum Gasteiger partial charge on any atom is 0.329 e. The highest BCUT2D eigenvalue weighted by molar-refractivity contribution is 6.10. The van der Waals surface area contributed by atoms with Gasteiger partial charge >= 0.3 is 6.03 Å². The van der Waals surface area contributed by atoms with Crippen LogP contribution in [0.1, 0.15) is 16.8 Å². The molecule has 0 aliphatic carbocycles. The average Bonchev–Trinajstić information content (AvgIpc) is 2.85. The van der Waals surface area contributed by atoms with E-state index in [1.165, 1.54) is 25.3 Å². The number of methoxy groups -OCH3 is 2. The van der Waals surface area contributed by atoms with Crippen molar-refractivity contribution in [3.05, 3.63) is 65.1 Å². The smallest absolute Gasteiger partial charge is 0.329 e. The molecule has 11 heteroatoms. The number of carbonyl (C=O) groups is 1. The zero-order valence-electron chi connectivity index (χ0n) is 18.5. The van der Waals surface area contributed by atoms with Gasteiger partial charge in [-0.1, -0.05) is 6.07 Å². The number of hydrogen-bond donors (Lipinski definition) is 2. The van der Waals surface area contributed by atoms with Crippen molar-refractivity contribution in [2.45, 2.75) is 13.0 Å². The van der Waals surface area contributed by atoms with E-state index >= 15 is 8.78 Å². The molecule has 9 nitrogen and oxygen atoms in total. The first-order valence-corrected chi connectivity index (χ1v) is 10.3. The van der Waals surface area contributed by atoms with Gasteiger partial charge in [0, 0.05) is 48.9 Å². The van der Waals surface area contributed by atoms with E-state index in [1.54, 1.807) is 18.3 Å². The molecule has 2 amide bonds. The van der Waals surface area contributed by atoms with Crippen LogP contribution in [0, 0.1) is 17.0 Å². The summed E-state index contributed by atoms with van der Waals surface area (Å²) >= 11 is 0. The lowest BCUT2D eigenvalue weighted by Crippen LogP contribution is -2.49. The van der Waals surface area contributed by atoms with Gasteiger partial charge < -0.3 is 20.6 Å². The summed E-state index contributed by atoms with van der Waals surface area (Å²) in [4.78, 5) is 24.3. The topological polar surface area (TPSA) is 118 Å². The molecule has 1 aromatic carbocycles. The van der Waals surface area contributed by atoms with Gasteiger partial charge in [0.25, 0.3) is 0 Å². The van der Waals surface area contributed by atoms with Crippen LogP contribution in [-0.2, 0) is 13.0 Å². The first-order valence-electron chi connectivity index (χ1n) is 10.3. The summed E-state index contributed by atoms with van der Waals surface area (Å²) < 4.78 is 40.6. The number of nitrogen functional groups attached to an aromatic ring is 1. The van der Waals surface area contributed by atoms with E-state index in [2.05, 4.69) is 9.97 Å². The van der Waals surface area contributed by atoms with Crippen LogP contribution >= 0.6 is 0 Å². The van der Waals surface area contributed by atoms with Crippen LogP contribution in [0.25, 0.3) is 0 Å². The summed E-state index contributed by atoms with van der Waals surface area (Å²) in [6.07, 6.45) is 4.42. The standard InChI is InChI=1S/C23H22F2N6O3/c1-33-16-9-17(34-2)19(25)21(18(16)24)31-12-13-11-29-22(27)15(10-26)20(13)30(23(31)32)8-6-14-5-3-4-7-28-14/h3-5,7,9-11,26H,6,8,12H2,1-2H3,(H2,27,29). The lowest BCUT2D eigenvalue weighted by atomic mass is 10.0. The Kier molecular flexibility index (Phi) is 6.26. The number of anilines is 3. The molecule has 3 aromatic rings. The Hall–Kier alpha value is -4.28. The molecule has 3 N–H and O–H groups in total. The molecule has 0 bridgehead atoms. The maximum absolute atomic E-state index is 15.3. The number of amides is 2. The highest BCUT2D eigenvalue weighted by atomic mass is 19.1. The van der Waals surface area contributed by atoms with E-state index in [0.29, 0.717) is 23.4 Å². The molecule has 0 atom stereocenters. The van der Waals surface area contributed by atoms with Gasteiger partial charge in [-0.25, -0.2) is 18.6 Å². The first kappa shape index (κ1) is 22.9. The number of halogens is 2. The number of ether oxygens (including phenoxy) is 2. The zero-order valence-corrected chi connectivity index (χ0v) is 18.5. The number of hydrogen-bond acceptors (Lipinski definition) is 7. The largest absolute Gasteiger partial charge is 0.493 e. The van der Waals surface area contributed by atoms with E-state index < -0.39 is 23.4 Å². The third-order valence-electron chi connectivity index (χ3n) is 5.54. The third-order valence-corrected chi connectivity index (χ3v) is 5.54. The highest BCUT2D eigenvalue weighted by Crippen LogP contribution is 2.41. The van der Waals surface area contributed by atoms with Crippen molar-refractivity contribution in [3.63, 3.8) is 0 Å². The lowest BCUT2D eigenvalue weighted by molar-refractivity contribution is 0.249. The number of pyridine rings is 2. The number of nitrogens with one attached hydrogen (secondary N) is 1. The Labute approximate surface area is 194 Å². The second kappa shape index (κ2) is 9.30. The monoisotopic (exact) mass is 468 g/mol. The summed E-state index contributed by atoms with van der Waals surface area (Å²) in [7, 11) is 2.46. The Morgan fingerprint density at radius 3 is 2.44 bits per heavy atom. The Bertz CT molecular complexity index is 1230. The van der Waals surface area contributed by atoms with Gasteiger partial charge in [-0.15, -0.1) is 0 Å². The van der Waals surface area contributed by atoms with Crippen molar-refractivity contribution in [2.24, 2.45) is 0 Å². The molecule has 1 aliphatic rings. The Morgan fingerprint density at radius 2 is 1.85 bits per heavy atom. The molecule has 3 heterocycles. The highest BCUT2D eigenvalue weighted by Gasteiger charge is 2.38. The van der Waals surface area contributed by atoms with Crippen LogP contribution in [0.4, 0.5) is 30.8 Å². The minimum absolute atomic E-state index is 0.0678. The van der Waals surface area contributed by atoms with Crippen LogP contribution < -0.4 is 25.0 Å². The molecule has 34 heavy (non-hydrogen) atoms. The summed E-state index contributed by atoms with van der Waals surface area (Å²) in [6.45, 7) is -0.0828. The van der Waals surface area contributed by atoms with Gasteiger partial charge in [0.15, 0.2) is 23.1 Å². The molecule has 176 valence electrons. The van der Waals surface area contributed by atoms with Gasteiger partial charge in [-0.2, -0.15) is 0 Å². The molecule has 2 aromatic heterocycles. The van der Waals surface area contributed by atoms with Crippen LogP contribution in [0.15, 0.2) is 36.7 Å². The van der Waals surface area contributed by atoms with Crippen molar-refractivity contribution < 1.29 is 23.0 Å². The number of fused-ring (bicyclic) bond motifs is 1. The number of aromatic nitrogens is 2. The second-order valence-corrected chi connectivity index (χ2v) is 7.42. The van der Waals surface area contributed by atoms with Crippen molar-refractivity contribution in [1.82, 2.24) is 9.97 Å². The maximum atomic E-state index is 15.3. The van der Waals surface area contributed by atoms with E-state index in [9.17, 15) is 4.79 Å². The summed E-state index contributed by atoms with van der Waals surface area (Å²) in [6, 6.07) is 5.76. The molecule has 1 aliphatic heterocycles. The second-order valence-electron chi connectivity index (χ2n) is 7.42. The van der Waals surface area contributed by atoms with Crippen LogP contribution in [0.3, 0.4) is 0 Å². The quantitative estimate of drug-likeness (QED) is 0.512. The summed E-state index contributed by atoms with van der Waals surface area (Å²) in [5, 5.41) is 7.80. The van der Waals surface area contributed by atoms with Gasteiger partial charge in [0.05, 0.1) is 32.0 Å². The lowest BCUT2D eigenvalue weighted by Gasteiger charge is -2.38. The third kappa shape index (κ3) is 3.85. The number of nitrogens with two attached hydrogens (primary N) is 1. The molecule has 0 unspecified atom stereocenters. The molecule has 0 fully saturated rings. The molecule has 0 saturated heterocycles. The molecular weight excluding hydrogens is 446 g/mol. The normalized spacial score (nSPS) is 13.0. The predicted octanol–water partition coefficient (Wildman–Crippen LogP) is 3.54. The Morgan fingerprint density at radius 1 is 1.15 bits per heavy atom. The van der Waals surface area contributed by atoms with Gasteiger partial charge in [0.1, 0.15) is 11.5 Å². The van der Waals surface area contributed by atoms with Crippen molar-refractivity contribution in [2.75, 3.05) is 36.3 Å². The van der Waals surface area contributed by atoms with Crippen LogP contribution in [-0.4, -0.2) is 43.0 Å². The SMILES string of the molecule is COc1cc(OC)c(F)c(N2Cc3cnc(N)c(C=N)c3N(CCc3ccccn3)C2=O)c1F. The van der Waals surface area contributed by atoms with Gasteiger partial charge in [-0.3, -0.25) is 14.8 Å². The number of carbonyl (C=O) groups excluding carboxylic acids is 1. The molecular formula is C23H22F2N6O3. The first-order chi connectivity index (χ1) is 16.4. The van der Waals surface area contributed by atoms with Crippen molar-refractivity contribution in [1.29, 1.82) is 5.41 Å². The summed E-state index contributed by atoms with van der Waals surface area (Å²) in [5.74, 6) is -2.57. The number of benzene rings is 1. The number of rotatable bonds is 7. The zero-order chi connectivity index (χ0) is 24.4. The van der Waals surface area contributed by atoms with Crippen LogP contribution in [0.2, 0.25) is 0 Å². The number of urea groups is 1. The van der Waals surface area contributed by atoms with E-state index in [4.69, 9.17) is 20.6 Å². The van der Waals surface area contributed by atoms with E-state index in [0.717, 1.165) is 17.2 Å². The molecule has 0 radical (unpaired) electrons. The van der Waals surface area contributed by atoms with Crippen molar-refractivity contribution >= 4 is 29.4 Å². The van der Waals surface area contributed by atoms with Crippen LogP contribution in [0.5, 0.6) is 11.5 Å². The number of nitrogens with zero attached hydrogens (tertiary/aromatic N) is 4. The summed E-state index contributed by atoms with van der Waals surface area (Å²) in [5.41, 5.74) is 7.15. The van der Waals surface area contributed by atoms with Crippen molar-refractivity contribution in [3.8, 4) is 11.5 Å². The Balaban J connectivity index is 1.85. The fraction of sp³-hybridized carbons (Fsp3) is 0.217. The van der Waals surface area contributed by atoms with Gasteiger partial charge in [0.2, 0.25) is 0 Å². The van der Waals surface area contributed by atoms with E-state index in [1.807, 2.05) is 6.07 Å². The predicted molar refractivity (Wildman–Crippen MR) is 123 cm³/mol. The molecule has 4 rings (SSSR count). The molecule has 0 saturated carbocycles. The fourth-order valence-corrected chi connectivity index (χ4v) is 3.89. The minimum atomic E-state index is -1.04. The molecule has 0 spiro atoms. The average molecular weight is 468 g/mol. The van der Waals surface area contributed by atoms with E-state index in [-0.39, 0.29) is 36.0 Å².